The smallest absolute Gasteiger partial charge is 0.410 e. The van der Waals surface area contributed by atoms with Gasteiger partial charge < -0.3 is 15.0 Å². The van der Waals surface area contributed by atoms with Gasteiger partial charge in [0, 0.05) is 30.7 Å². The van der Waals surface area contributed by atoms with Gasteiger partial charge in [0.1, 0.15) is 5.60 Å². The third-order valence-corrected chi connectivity index (χ3v) is 5.24. The molecule has 1 unspecified atom stereocenters. The molecule has 2 heterocycles. The number of nitrogens with zero attached hydrogens (tertiary/aromatic N) is 3. The third kappa shape index (κ3) is 5.62. The molecule has 1 aliphatic rings. The number of hydrogen-bond donors (Lipinski definition) is 1. The van der Waals surface area contributed by atoms with Crippen LogP contribution in [0.15, 0.2) is 42.7 Å². The van der Waals surface area contributed by atoms with Crippen molar-refractivity contribution < 1.29 is 14.3 Å². The largest absolute Gasteiger partial charge is 0.444 e. The van der Waals surface area contributed by atoms with Crippen molar-refractivity contribution in [1.29, 1.82) is 0 Å². The van der Waals surface area contributed by atoms with E-state index in [0.717, 1.165) is 11.3 Å². The molecule has 0 radical (unpaired) electrons. The van der Waals surface area contributed by atoms with Crippen LogP contribution in [0.2, 0.25) is 0 Å². The number of piperidine rings is 1. The van der Waals surface area contributed by atoms with Crippen LogP contribution in [-0.4, -0.2) is 51.4 Å². The first kappa shape index (κ1) is 21.9. The quantitative estimate of drug-likeness (QED) is 0.833. The van der Waals surface area contributed by atoms with Gasteiger partial charge in [-0.15, -0.1) is 0 Å². The van der Waals surface area contributed by atoms with Crippen molar-refractivity contribution >= 4 is 12.0 Å². The minimum Gasteiger partial charge on any atom is -0.444 e. The van der Waals surface area contributed by atoms with Gasteiger partial charge in [-0.1, -0.05) is 32.0 Å². The summed E-state index contributed by atoms with van der Waals surface area (Å²) in [5.41, 5.74) is 1.05. The van der Waals surface area contributed by atoms with Crippen LogP contribution in [0, 0.1) is 5.41 Å². The maximum atomic E-state index is 12.7. The standard InChI is InChI=1S/C23H32N4O3/c1-22(2,3)30-21(29)26-12-11-19(23(4,5)16-26)25-20(28)13-17-14-24-27(15-17)18-9-7-6-8-10-18/h6-10,14-15,19H,11-13,16H2,1-5H3,(H,25,28). The Balaban J connectivity index is 1.56. The molecule has 1 atom stereocenters. The Morgan fingerprint density at radius 3 is 2.57 bits per heavy atom. The van der Waals surface area contributed by atoms with Crippen molar-refractivity contribution in [2.24, 2.45) is 5.41 Å². The van der Waals surface area contributed by atoms with Crippen LogP contribution in [0.25, 0.3) is 5.69 Å². The third-order valence-electron chi connectivity index (χ3n) is 5.24. The predicted molar refractivity (Wildman–Crippen MR) is 115 cm³/mol. The fraction of sp³-hybridized carbons (Fsp3) is 0.522. The molecule has 1 aromatic heterocycles. The Labute approximate surface area is 178 Å². The normalized spacial score (nSPS) is 18.7. The van der Waals surface area contributed by atoms with Crippen LogP contribution < -0.4 is 5.32 Å². The second-order valence-corrected chi connectivity index (χ2v) is 9.60. The Morgan fingerprint density at radius 2 is 1.93 bits per heavy atom. The summed E-state index contributed by atoms with van der Waals surface area (Å²) in [7, 11) is 0. The van der Waals surface area contributed by atoms with Crippen molar-refractivity contribution in [3.63, 3.8) is 0 Å². The first-order valence-corrected chi connectivity index (χ1v) is 10.4. The van der Waals surface area contributed by atoms with E-state index in [9.17, 15) is 9.59 Å². The predicted octanol–water partition coefficient (Wildman–Crippen LogP) is 3.57. The number of carbonyl (C=O) groups is 2. The maximum Gasteiger partial charge on any atom is 0.410 e. The number of carbonyl (C=O) groups excluding carboxylic acids is 2. The van der Waals surface area contributed by atoms with Gasteiger partial charge >= 0.3 is 6.09 Å². The van der Waals surface area contributed by atoms with Gasteiger partial charge in [0.2, 0.25) is 5.91 Å². The fourth-order valence-electron chi connectivity index (χ4n) is 3.71. The SMILES string of the molecule is CC(C)(C)OC(=O)N1CCC(NC(=O)Cc2cnn(-c3ccccc3)c2)C(C)(C)C1. The molecule has 1 N–H and O–H groups in total. The number of rotatable bonds is 4. The molecular formula is C23H32N4O3. The summed E-state index contributed by atoms with van der Waals surface area (Å²) in [6, 6.07) is 9.80. The lowest BCUT2D eigenvalue weighted by Crippen LogP contribution is -2.57. The average Bonchev–Trinajstić information content (AvgIpc) is 3.11. The molecule has 2 aromatic rings. The molecule has 7 heteroatoms. The van der Waals surface area contributed by atoms with Gasteiger partial charge in [-0.05, 0) is 44.9 Å². The Morgan fingerprint density at radius 1 is 1.23 bits per heavy atom. The lowest BCUT2D eigenvalue weighted by atomic mass is 9.79. The molecule has 1 aromatic carbocycles. The molecule has 2 amide bonds. The lowest BCUT2D eigenvalue weighted by molar-refractivity contribution is -0.122. The zero-order valence-electron chi connectivity index (χ0n) is 18.5. The van der Waals surface area contributed by atoms with Crippen LogP contribution in [0.1, 0.15) is 46.6 Å². The van der Waals surface area contributed by atoms with Crippen molar-refractivity contribution in [2.45, 2.75) is 59.1 Å². The molecule has 1 saturated heterocycles. The summed E-state index contributed by atoms with van der Waals surface area (Å²) in [5, 5.41) is 7.51. The summed E-state index contributed by atoms with van der Waals surface area (Å²) < 4.78 is 7.26. The molecule has 30 heavy (non-hydrogen) atoms. The van der Waals surface area contributed by atoms with Crippen LogP contribution in [0.3, 0.4) is 0 Å². The summed E-state index contributed by atoms with van der Waals surface area (Å²) in [4.78, 5) is 26.8. The van der Waals surface area contributed by atoms with E-state index >= 15 is 0 Å². The summed E-state index contributed by atoms with van der Waals surface area (Å²) in [5.74, 6) is -0.0357. The molecular weight excluding hydrogens is 380 g/mol. The second-order valence-electron chi connectivity index (χ2n) is 9.60. The molecule has 7 nitrogen and oxygen atoms in total. The van der Waals surface area contributed by atoms with E-state index in [-0.39, 0.29) is 29.9 Å². The molecule has 1 aliphatic heterocycles. The van der Waals surface area contributed by atoms with Crippen molar-refractivity contribution in [3.05, 3.63) is 48.3 Å². The number of nitrogens with one attached hydrogen (secondary N) is 1. The molecule has 0 bridgehead atoms. The van der Waals surface area contributed by atoms with Gasteiger partial charge in [-0.3, -0.25) is 4.79 Å². The Hall–Kier alpha value is -2.83. The lowest BCUT2D eigenvalue weighted by Gasteiger charge is -2.44. The van der Waals surface area contributed by atoms with E-state index < -0.39 is 5.60 Å². The van der Waals surface area contributed by atoms with E-state index in [0.29, 0.717) is 19.5 Å². The van der Waals surface area contributed by atoms with Gasteiger partial charge in [-0.25, -0.2) is 9.48 Å². The molecule has 1 fully saturated rings. The van der Waals surface area contributed by atoms with Crippen LogP contribution >= 0.6 is 0 Å². The first-order chi connectivity index (χ1) is 14.0. The number of para-hydroxylation sites is 1. The highest BCUT2D eigenvalue weighted by molar-refractivity contribution is 5.79. The number of likely N-dealkylation sites (tertiary alicyclic amines) is 1. The molecule has 0 saturated carbocycles. The van der Waals surface area contributed by atoms with Crippen molar-refractivity contribution in [3.8, 4) is 5.69 Å². The van der Waals surface area contributed by atoms with Gasteiger partial charge in [0.15, 0.2) is 0 Å². The minimum atomic E-state index is -0.517. The monoisotopic (exact) mass is 412 g/mol. The van der Waals surface area contributed by atoms with Crippen molar-refractivity contribution in [2.75, 3.05) is 13.1 Å². The van der Waals surface area contributed by atoms with E-state index in [1.807, 2.05) is 57.3 Å². The second kappa shape index (κ2) is 8.50. The molecule has 0 aliphatic carbocycles. The highest BCUT2D eigenvalue weighted by Gasteiger charge is 2.39. The fourth-order valence-corrected chi connectivity index (χ4v) is 3.71. The summed E-state index contributed by atoms with van der Waals surface area (Å²) >= 11 is 0. The first-order valence-electron chi connectivity index (χ1n) is 10.4. The van der Waals surface area contributed by atoms with Crippen LogP contribution in [0.5, 0.6) is 0 Å². The number of aromatic nitrogens is 2. The average molecular weight is 413 g/mol. The van der Waals surface area contributed by atoms with E-state index in [4.69, 9.17) is 4.74 Å². The molecule has 162 valence electrons. The highest BCUT2D eigenvalue weighted by atomic mass is 16.6. The summed E-state index contributed by atoms with van der Waals surface area (Å²) in [6.45, 7) is 10.8. The van der Waals surface area contributed by atoms with Gasteiger partial charge in [0.25, 0.3) is 0 Å². The maximum absolute atomic E-state index is 12.7. The number of hydrogen-bond acceptors (Lipinski definition) is 4. The number of amides is 2. The zero-order chi connectivity index (χ0) is 21.9. The highest BCUT2D eigenvalue weighted by Crippen LogP contribution is 2.30. The van der Waals surface area contributed by atoms with Crippen LogP contribution in [0.4, 0.5) is 4.79 Å². The Kier molecular flexibility index (Phi) is 6.19. The number of benzene rings is 1. The van der Waals surface area contributed by atoms with Gasteiger partial charge in [0.05, 0.1) is 18.3 Å². The topological polar surface area (TPSA) is 76.5 Å². The van der Waals surface area contributed by atoms with Gasteiger partial charge in [-0.2, -0.15) is 5.10 Å². The van der Waals surface area contributed by atoms with E-state index in [2.05, 4.69) is 24.3 Å². The van der Waals surface area contributed by atoms with Crippen LogP contribution in [-0.2, 0) is 16.0 Å². The van der Waals surface area contributed by atoms with E-state index in [1.165, 1.54) is 0 Å². The molecule has 0 spiro atoms. The summed E-state index contributed by atoms with van der Waals surface area (Å²) in [6.07, 6.45) is 4.28. The molecule has 3 rings (SSSR count). The van der Waals surface area contributed by atoms with E-state index in [1.54, 1.807) is 15.8 Å². The zero-order valence-corrected chi connectivity index (χ0v) is 18.5. The van der Waals surface area contributed by atoms with Crippen molar-refractivity contribution in [1.82, 2.24) is 20.0 Å². The Bertz CT molecular complexity index is 883. The minimum absolute atomic E-state index is 0.00662. The number of ether oxygens (including phenoxy) is 1.